The molecule has 1 saturated carbocycles. The van der Waals surface area contributed by atoms with Crippen LogP contribution in [0.4, 0.5) is 10.1 Å². The molecule has 9 heteroatoms. The van der Waals surface area contributed by atoms with Gasteiger partial charge in [-0.3, -0.25) is 19.8 Å². The number of benzene rings is 1. The van der Waals surface area contributed by atoms with Crippen LogP contribution in [0.1, 0.15) is 39.2 Å². The number of hydrogen-bond donors (Lipinski definition) is 4. The number of nitrogens with zero attached hydrogens (tertiary/aromatic N) is 1. The molecule has 31 heavy (non-hydrogen) atoms. The van der Waals surface area contributed by atoms with Gasteiger partial charge in [-0.2, -0.15) is 0 Å². The SMILES string of the molecule is CC(C)(C)C(F)CNC(=O)[C@@H]1C[C@H]2C[C@H]2N1C(=O)CNc1ccccc1C(=N)C(N)=O. The lowest BCUT2D eigenvalue weighted by molar-refractivity contribution is -0.138. The fraction of sp³-hybridized carbons (Fsp3) is 0.545. The number of fused-ring (bicyclic) bond motifs is 1. The van der Waals surface area contributed by atoms with E-state index in [9.17, 15) is 18.8 Å². The lowest BCUT2D eigenvalue weighted by Crippen LogP contribution is -2.51. The lowest BCUT2D eigenvalue weighted by atomic mass is 9.90. The average Bonchev–Trinajstić information content (AvgIpc) is 3.38. The van der Waals surface area contributed by atoms with Crippen molar-refractivity contribution in [1.29, 1.82) is 5.41 Å². The second-order valence-corrected chi connectivity index (χ2v) is 9.33. The molecule has 1 aliphatic carbocycles. The van der Waals surface area contributed by atoms with Crippen molar-refractivity contribution < 1.29 is 18.8 Å². The van der Waals surface area contributed by atoms with Crippen LogP contribution in [-0.2, 0) is 14.4 Å². The smallest absolute Gasteiger partial charge is 0.267 e. The van der Waals surface area contributed by atoms with E-state index in [1.54, 1.807) is 49.9 Å². The summed E-state index contributed by atoms with van der Waals surface area (Å²) in [6, 6.07) is 6.05. The summed E-state index contributed by atoms with van der Waals surface area (Å²) in [4.78, 5) is 38.6. The standard InChI is InChI=1S/C22H30FN5O3/c1-22(2,3)17(23)10-27-21(31)16-9-12-8-15(12)28(16)18(29)11-26-14-7-5-4-6-13(14)19(24)20(25)30/h4-7,12,15-17,24,26H,8-11H2,1-3H3,(H2,25,30)(H,27,31)/t12-,15-,16+,17?/m1/s1. The minimum Gasteiger partial charge on any atom is -0.376 e. The molecule has 3 amide bonds. The number of piperidine rings is 1. The number of alkyl halides is 1. The van der Waals surface area contributed by atoms with E-state index >= 15 is 0 Å². The normalized spacial score (nSPS) is 23.0. The molecule has 2 fully saturated rings. The van der Waals surface area contributed by atoms with Crippen LogP contribution in [0.5, 0.6) is 0 Å². The zero-order valence-electron chi connectivity index (χ0n) is 18.1. The molecule has 2 aliphatic rings. The van der Waals surface area contributed by atoms with Gasteiger partial charge in [-0.05, 0) is 30.2 Å². The van der Waals surface area contributed by atoms with Gasteiger partial charge in [0, 0.05) is 23.8 Å². The Kier molecular flexibility index (Phi) is 6.33. The molecule has 0 radical (unpaired) electrons. The number of hydrogen-bond acceptors (Lipinski definition) is 5. The number of primary amides is 1. The third-order valence-electron chi connectivity index (χ3n) is 5.96. The Balaban J connectivity index is 1.63. The van der Waals surface area contributed by atoms with Crippen LogP contribution < -0.4 is 16.4 Å². The molecule has 1 aromatic carbocycles. The number of nitrogens with two attached hydrogens (primary N) is 1. The van der Waals surface area contributed by atoms with E-state index in [4.69, 9.17) is 11.1 Å². The molecule has 1 aromatic rings. The maximum absolute atomic E-state index is 14.2. The van der Waals surface area contributed by atoms with Gasteiger partial charge in [-0.25, -0.2) is 4.39 Å². The molecule has 0 bridgehead atoms. The number of para-hydroxylation sites is 1. The largest absolute Gasteiger partial charge is 0.376 e. The van der Waals surface area contributed by atoms with E-state index in [1.165, 1.54) is 0 Å². The quantitative estimate of drug-likeness (QED) is 0.464. The highest BCUT2D eigenvalue weighted by atomic mass is 19.1. The topological polar surface area (TPSA) is 128 Å². The molecule has 0 aromatic heterocycles. The molecule has 3 rings (SSSR count). The van der Waals surface area contributed by atoms with Gasteiger partial charge in [-0.1, -0.05) is 39.0 Å². The molecule has 0 spiro atoms. The van der Waals surface area contributed by atoms with Crippen LogP contribution in [0.15, 0.2) is 24.3 Å². The first-order valence-electron chi connectivity index (χ1n) is 10.4. The summed E-state index contributed by atoms with van der Waals surface area (Å²) in [5, 5.41) is 13.5. The molecular weight excluding hydrogens is 401 g/mol. The highest BCUT2D eigenvalue weighted by Crippen LogP contribution is 2.47. The van der Waals surface area contributed by atoms with E-state index in [0.717, 1.165) is 6.42 Å². The molecule has 168 valence electrons. The van der Waals surface area contributed by atoms with Crippen molar-refractivity contribution in [1.82, 2.24) is 10.2 Å². The maximum atomic E-state index is 14.2. The molecule has 1 aliphatic heterocycles. The third kappa shape index (κ3) is 5.03. The minimum absolute atomic E-state index is 0.0352. The van der Waals surface area contributed by atoms with Crippen LogP contribution in [0.3, 0.4) is 0 Å². The fourth-order valence-electron chi connectivity index (χ4n) is 3.91. The van der Waals surface area contributed by atoms with E-state index < -0.39 is 23.5 Å². The Morgan fingerprint density at radius 3 is 2.58 bits per heavy atom. The van der Waals surface area contributed by atoms with Crippen molar-refractivity contribution in [3.63, 3.8) is 0 Å². The Bertz CT molecular complexity index is 897. The van der Waals surface area contributed by atoms with Crippen LogP contribution in [0.25, 0.3) is 0 Å². The fourth-order valence-corrected chi connectivity index (χ4v) is 3.91. The second kappa shape index (κ2) is 8.64. The van der Waals surface area contributed by atoms with Crippen LogP contribution in [0.2, 0.25) is 0 Å². The molecule has 5 N–H and O–H groups in total. The lowest BCUT2D eigenvalue weighted by Gasteiger charge is -2.29. The Hall–Kier alpha value is -2.97. The van der Waals surface area contributed by atoms with Crippen LogP contribution in [0, 0.1) is 16.7 Å². The monoisotopic (exact) mass is 431 g/mol. The zero-order valence-corrected chi connectivity index (χ0v) is 18.1. The predicted octanol–water partition coefficient (Wildman–Crippen LogP) is 1.44. The van der Waals surface area contributed by atoms with E-state index in [-0.39, 0.29) is 36.7 Å². The number of nitrogens with one attached hydrogen (secondary N) is 3. The summed E-state index contributed by atoms with van der Waals surface area (Å²) in [6.45, 7) is 5.13. The summed E-state index contributed by atoms with van der Waals surface area (Å²) in [6.07, 6.45) is 0.263. The van der Waals surface area contributed by atoms with Gasteiger partial charge in [0.25, 0.3) is 5.91 Å². The second-order valence-electron chi connectivity index (χ2n) is 9.33. The number of carbonyl (C=O) groups excluding carboxylic acids is 3. The highest BCUT2D eigenvalue weighted by Gasteiger charge is 2.55. The molecule has 1 heterocycles. The first-order chi connectivity index (χ1) is 14.5. The average molecular weight is 432 g/mol. The van der Waals surface area contributed by atoms with Crippen molar-refractivity contribution in [3.05, 3.63) is 29.8 Å². The number of rotatable bonds is 8. The summed E-state index contributed by atoms with van der Waals surface area (Å²) < 4.78 is 14.2. The zero-order chi connectivity index (χ0) is 22.9. The van der Waals surface area contributed by atoms with Gasteiger partial charge < -0.3 is 21.3 Å². The predicted molar refractivity (Wildman–Crippen MR) is 115 cm³/mol. The van der Waals surface area contributed by atoms with Crippen molar-refractivity contribution in [2.45, 2.75) is 51.9 Å². The summed E-state index contributed by atoms with van der Waals surface area (Å²) in [5.74, 6) is -1.14. The van der Waals surface area contributed by atoms with Gasteiger partial charge >= 0.3 is 0 Å². The first-order valence-corrected chi connectivity index (χ1v) is 10.4. The molecule has 1 saturated heterocycles. The van der Waals surface area contributed by atoms with Crippen LogP contribution >= 0.6 is 0 Å². The maximum Gasteiger partial charge on any atom is 0.267 e. The van der Waals surface area contributed by atoms with E-state index in [2.05, 4.69) is 10.6 Å². The Morgan fingerprint density at radius 2 is 1.94 bits per heavy atom. The number of anilines is 1. The third-order valence-corrected chi connectivity index (χ3v) is 5.96. The molecule has 1 unspecified atom stereocenters. The van der Waals surface area contributed by atoms with Gasteiger partial charge in [0.15, 0.2) is 0 Å². The van der Waals surface area contributed by atoms with Gasteiger partial charge in [-0.15, -0.1) is 0 Å². The Labute approximate surface area is 181 Å². The van der Waals surface area contributed by atoms with Gasteiger partial charge in [0.2, 0.25) is 11.8 Å². The van der Waals surface area contributed by atoms with Crippen molar-refractivity contribution in [2.24, 2.45) is 17.1 Å². The highest BCUT2D eigenvalue weighted by molar-refractivity contribution is 6.44. The van der Waals surface area contributed by atoms with Gasteiger partial charge in [0.05, 0.1) is 6.54 Å². The Morgan fingerprint density at radius 1 is 1.26 bits per heavy atom. The molecular formula is C22H30FN5O3. The van der Waals surface area contributed by atoms with Crippen molar-refractivity contribution >= 4 is 29.1 Å². The van der Waals surface area contributed by atoms with Crippen LogP contribution in [-0.4, -0.2) is 59.7 Å². The van der Waals surface area contributed by atoms with Gasteiger partial charge in [0.1, 0.15) is 17.9 Å². The first kappa shape index (κ1) is 22.7. The number of likely N-dealkylation sites (tertiary alicyclic amines) is 1. The van der Waals surface area contributed by atoms with Crippen molar-refractivity contribution in [3.8, 4) is 0 Å². The summed E-state index contributed by atoms with van der Waals surface area (Å²) in [5.41, 5.74) is 5.03. The molecule has 8 nitrogen and oxygen atoms in total. The van der Waals surface area contributed by atoms with E-state index in [1.807, 2.05) is 0 Å². The van der Waals surface area contributed by atoms with E-state index in [0.29, 0.717) is 23.6 Å². The number of halogens is 1. The minimum atomic E-state index is -1.18. The summed E-state index contributed by atoms with van der Waals surface area (Å²) in [7, 11) is 0. The molecule has 4 atom stereocenters. The van der Waals surface area contributed by atoms with Crippen molar-refractivity contribution in [2.75, 3.05) is 18.4 Å². The summed E-state index contributed by atoms with van der Waals surface area (Å²) >= 11 is 0. The number of carbonyl (C=O) groups is 3. The number of amides is 3.